The van der Waals surface area contributed by atoms with Gasteiger partial charge < -0.3 is 10.8 Å². The van der Waals surface area contributed by atoms with Crippen molar-refractivity contribution in [1.29, 1.82) is 0 Å². The number of hydrogen-bond donors (Lipinski definition) is 2. The zero-order valence-electron chi connectivity index (χ0n) is 7.12. The molecule has 0 spiro atoms. The molecule has 0 aliphatic heterocycles. The van der Waals surface area contributed by atoms with Gasteiger partial charge >= 0.3 is 5.97 Å². The lowest BCUT2D eigenvalue weighted by molar-refractivity contribution is 0.0695. The quantitative estimate of drug-likeness (QED) is 0.819. The Morgan fingerprint density at radius 2 is 2.23 bits per heavy atom. The summed E-state index contributed by atoms with van der Waals surface area (Å²) >= 11 is 2.07. The van der Waals surface area contributed by atoms with E-state index in [1.807, 2.05) is 6.07 Å². The van der Waals surface area contributed by atoms with Gasteiger partial charge in [-0.2, -0.15) is 0 Å². The van der Waals surface area contributed by atoms with E-state index in [-0.39, 0.29) is 6.04 Å². The summed E-state index contributed by atoms with van der Waals surface area (Å²) in [6, 6.07) is 4.99. The Balaban J connectivity index is 3.27. The molecule has 0 saturated heterocycles. The molecule has 1 aromatic carbocycles. The molecule has 0 aliphatic rings. The molecule has 0 saturated carbocycles. The second-order valence-electron chi connectivity index (χ2n) is 2.83. The molecule has 0 aliphatic carbocycles. The Bertz CT molecular complexity index is 336. The van der Waals surface area contributed by atoms with E-state index in [4.69, 9.17) is 10.8 Å². The molecule has 0 fully saturated rings. The van der Waals surface area contributed by atoms with Gasteiger partial charge in [-0.1, -0.05) is 6.07 Å². The van der Waals surface area contributed by atoms with E-state index in [0.717, 1.165) is 3.57 Å². The summed E-state index contributed by atoms with van der Waals surface area (Å²) < 4.78 is 0.902. The van der Waals surface area contributed by atoms with Crippen molar-refractivity contribution in [2.75, 3.05) is 0 Å². The molecule has 3 nitrogen and oxygen atoms in total. The van der Waals surface area contributed by atoms with Crippen molar-refractivity contribution < 1.29 is 9.90 Å². The molecule has 70 valence electrons. The molecule has 0 bridgehead atoms. The topological polar surface area (TPSA) is 63.3 Å². The lowest BCUT2D eigenvalue weighted by Gasteiger charge is -2.09. The second kappa shape index (κ2) is 4.06. The van der Waals surface area contributed by atoms with Crippen LogP contribution in [0.15, 0.2) is 18.2 Å². The smallest absolute Gasteiger partial charge is 0.336 e. The van der Waals surface area contributed by atoms with Crippen molar-refractivity contribution >= 4 is 28.6 Å². The maximum atomic E-state index is 10.8. The van der Waals surface area contributed by atoms with Crippen LogP contribution in [0.1, 0.15) is 28.9 Å². The SMILES string of the molecule is C[C@@H](N)c1ccc(I)cc1C(=O)O. The van der Waals surface area contributed by atoms with E-state index < -0.39 is 5.97 Å². The summed E-state index contributed by atoms with van der Waals surface area (Å²) in [5, 5.41) is 8.88. The number of carboxylic acids is 1. The normalized spacial score (nSPS) is 12.5. The van der Waals surface area contributed by atoms with Crippen molar-refractivity contribution in [1.82, 2.24) is 0 Å². The Hall–Kier alpha value is -0.620. The van der Waals surface area contributed by atoms with Gasteiger partial charge in [-0.3, -0.25) is 0 Å². The van der Waals surface area contributed by atoms with Gasteiger partial charge in [0, 0.05) is 9.61 Å². The third kappa shape index (κ3) is 2.41. The lowest BCUT2D eigenvalue weighted by atomic mass is 10.0. The van der Waals surface area contributed by atoms with Gasteiger partial charge in [0.25, 0.3) is 0 Å². The summed E-state index contributed by atoms with van der Waals surface area (Å²) in [6.07, 6.45) is 0. The Kier molecular flexibility index (Phi) is 3.27. The molecule has 3 N–H and O–H groups in total. The summed E-state index contributed by atoms with van der Waals surface area (Å²) in [5.41, 5.74) is 6.60. The number of rotatable bonds is 2. The van der Waals surface area contributed by atoms with E-state index in [2.05, 4.69) is 22.6 Å². The molecular formula is C9H10INO2. The highest BCUT2D eigenvalue weighted by molar-refractivity contribution is 14.1. The number of carboxylic acid groups (broad SMARTS) is 1. The first-order chi connectivity index (χ1) is 6.02. The van der Waals surface area contributed by atoms with Crippen LogP contribution in [0.5, 0.6) is 0 Å². The number of benzene rings is 1. The van der Waals surface area contributed by atoms with Gasteiger partial charge in [-0.15, -0.1) is 0 Å². The van der Waals surface area contributed by atoms with Gasteiger partial charge in [0.15, 0.2) is 0 Å². The van der Waals surface area contributed by atoms with Gasteiger partial charge in [-0.05, 0) is 47.2 Å². The Morgan fingerprint density at radius 1 is 1.62 bits per heavy atom. The van der Waals surface area contributed by atoms with Crippen molar-refractivity contribution in [2.24, 2.45) is 5.73 Å². The van der Waals surface area contributed by atoms with Gasteiger partial charge in [0.05, 0.1) is 5.56 Å². The van der Waals surface area contributed by atoms with E-state index >= 15 is 0 Å². The van der Waals surface area contributed by atoms with Crippen LogP contribution in [0.3, 0.4) is 0 Å². The minimum atomic E-state index is -0.925. The summed E-state index contributed by atoms with van der Waals surface area (Å²) in [4.78, 5) is 10.8. The van der Waals surface area contributed by atoms with E-state index in [1.165, 1.54) is 0 Å². The molecule has 0 unspecified atom stereocenters. The number of nitrogens with two attached hydrogens (primary N) is 1. The predicted molar refractivity (Wildman–Crippen MR) is 58.7 cm³/mol. The molecule has 4 heteroatoms. The molecule has 0 radical (unpaired) electrons. The van der Waals surface area contributed by atoms with Crippen LogP contribution in [0.2, 0.25) is 0 Å². The van der Waals surface area contributed by atoms with Crippen LogP contribution < -0.4 is 5.73 Å². The van der Waals surface area contributed by atoms with Crippen LogP contribution in [0.25, 0.3) is 0 Å². The fourth-order valence-electron chi connectivity index (χ4n) is 1.11. The average Bonchev–Trinajstić information content (AvgIpc) is 2.03. The van der Waals surface area contributed by atoms with Crippen molar-refractivity contribution in [3.63, 3.8) is 0 Å². The van der Waals surface area contributed by atoms with Gasteiger partial charge in [0.1, 0.15) is 0 Å². The second-order valence-corrected chi connectivity index (χ2v) is 4.07. The largest absolute Gasteiger partial charge is 0.478 e. The highest BCUT2D eigenvalue weighted by Gasteiger charge is 2.12. The zero-order chi connectivity index (χ0) is 10.0. The molecule has 1 aromatic rings. The standard InChI is InChI=1S/C9H10INO2/c1-5(11)7-3-2-6(10)4-8(7)9(12)13/h2-5H,11H2,1H3,(H,12,13)/t5-/m1/s1. The van der Waals surface area contributed by atoms with E-state index in [1.54, 1.807) is 19.1 Å². The molecule has 0 heterocycles. The fourth-order valence-corrected chi connectivity index (χ4v) is 1.60. The van der Waals surface area contributed by atoms with Crippen molar-refractivity contribution in [3.05, 3.63) is 32.9 Å². The molecule has 13 heavy (non-hydrogen) atoms. The highest BCUT2D eigenvalue weighted by Crippen LogP contribution is 2.18. The third-order valence-electron chi connectivity index (χ3n) is 1.74. The average molecular weight is 291 g/mol. The number of carbonyl (C=O) groups is 1. The van der Waals surface area contributed by atoms with E-state index in [9.17, 15) is 4.79 Å². The molecule has 1 atom stereocenters. The molecule has 0 aromatic heterocycles. The predicted octanol–water partition coefficient (Wildman–Crippen LogP) is 2.01. The van der Waals surface area contributed by atoms with Gasteiger partial charge in [0.2, 0.25) is 0 Å². The molecular weight excluding hydrogens is 281 g/mol. The maximum absolute atomic E-state index is 10.8. The Labute approximate surface area is 90.1 Å². The first-order valence-electron chi connectivity index (χ1n) is 3.80. The monoisotopic (exact) mass is 291 g/mol. The first kappa shape index (κ1) is 10.5. The third-order valence-corrected chi connectivity index (χ3v) is 2.41. The molecule has 1 rings (SSSR count). The highest BCUT2D eigenvalue weighted by atomic mass is 127. The minimum Gasteiger partial charge on any atom is -0.478 e. The van der Waals surface area contributed by atoms with Crippen LogP contribution >= 0.6 is 22.6 Å². The van der Waals surface area contributed by atoms with E-state index in [0.29, 0.717) is 11.1 Å². The van der Waals surface area contributed by atoms with Crippen LogP contribution in [0.4, 0.5) is 0 Å². The fraction of sp³-hybridized carbons (Fsp3) is 0.222. The van der Waals surface area contributed by atoms with Crippen LogP contribution in [-0.4, -0.2) is 11.1 Å². The summed E-state index contributed by atoms with van der Waals surface area (Å²) in [6.45, 7) is 1.77. The summed E-state index contributed by atoms with van der Waals surface area (Å²) in [7, 11) is 0. The summed E-state index contributed by atoms with van der Waals surface area (Å²) in [5.74, 6) is -0.925. The lowest BCUT2D eigenvalue weighted by Crippen LogP contribution is -2.11. The number of halogens is 1. The Morgan fingerprint density at radius 3 is 2.69 bits per heavy atom. The van der Waals surface area contributed by atoms with Crippen molar-refractivity contribution in [2.45, 2.75) is 13.0 Å². The number of aromatic carboxylic acids is 1. The van der Waals surface area contributed by atoms with Crippen LogP contribution in [0, 0.1) is 3.57 Å². The van der Waals surface area contributed by atoms with Crippen molar-refractivity contribution in [3.8, 4) is 0 Å². The first-order valence-corrected chi connectivity index (χ1v) is 4.88. The molecule has 0 amide bonds. The zero-order valence-corrected chi connectivity index (χ0v) is 9.28. The minimum absolute atomic E-state index is 0.247. The van der Waals surface area contributed by atoms with Gasteiger partial charge in [-0.25, -0.2) is 4.79 Å². The maximum Gasteiger partial charge on any atom is 0.336 e. The number of hydrogen-bond acceptors (Lipinski definition) is 2. The van der Waals surface area contributed by atoms with Crippen LogP contribution in [-0.2, 0) is 0 Å².